The number of alkyl halides is 1. The van der Waals surface area contributed by atoms with E-state index in [1.54, 1.807) is 6.07 Å². The molecule has 0 N–H and O–H groups in total. The largest absolute Gasteiger partial charge is 0.457 e. The van der Waals surface area contributed by atoms with E-state index in [0.29, 0.717) is 17.1 Å². The van der Waals surface area contributed by atoms with Gasteiger partial charge < -0.3 is 4.74 Å². The lowest BCUT2D eigenvalue weighted by Crippen LogP contribution is -1.88. The fourth-order valence-electron chi connectivity index (χ4n) is 1.42. The average Bonchev–Trinajstić information content (AvgIpc) is 2.28. The van der Waals surface area contributed by atoms with Crippen LogP contribution in [-0.4, -0.2) is 0 Å². The van der Waals surface area contributed by atoms with Crippen molar-refractivity contribution < 1.29 is 9.13 Å². The topological polar surface area (TPSA) is 9.23 Å². The minimum atomic E-state index is -0.344. The predicted octanol–water partition coefficient (Wildman–Crippen LogP) is 4.96. The van der Waals surface area contributed by atoms with Gasteiger partial charge in [0.05, 0.1) is 0 Å². The maximum absolute atomic E-state index is 13.3. The van der Waals surface area contributed by atoms with Crippen LogP contribution in [0.2, 0.25) is 0 Å². The molecule has 0 heterocycles. The van der Waals surface area contributed by atoms with E-state index in [2.05, 4.69) is 22.6 Å². The molecule has 2 aromatic rings. The molecule has 0 saturated heterocycles. The molecule has 2 aromatic carbocycles. The maximum atomic E-state index is 13.3. The molecule has 0 unspecified atom stereocenters. The summed E-state index contributed by atoms with van der Waals surface area (Å²) in [6, 6.07) is 12.0. The van der Waals surface area contributed by atoms with E-state index in [-0.39, 0.29) is 11.7 Å². The number of benzene rings is 2. The Morgan fingerprint density at radius 1 is 1.12 bits per heavy atom. The third-order valence-corrected chi connectivity index (χ3v) is 3.10. The third kappa shape index (κ3) is 3.57. The molecule has 0 aliphatic carbocycles. The Kier molecular flexibility index (Phi) is 4.23. The molecule has 0 aromatic heterocycles. The fourth-order valence-corrected chi connectivity index (χ4v) is 2.09. The fraction of sp³-hybridized carbons (Fsp3) is 0.0769. The van der Waals surface area contributed by atoms with E-state index in [1.165, 1.54) is 12.1 Å². The molecule has 4 heteroatoms. The Bertz CT molecular complexity index is 531. The first-order valence-electron chi connectivity index (χ1n) is 4.96. The van der Waals surface area contributed by atoms with Crippen molar-refractivity contribution in [1.82, 2.24) is 0 Å². The molecule has 0 aliphatic rings. The van der Waals surface area contributed by atoms with Crippen LogP contribution in [0.4, 0.5) is 4.39 Å². The minimum absolute atomic E-state index is 0.264. The first-order chi connectivity index (χ1) is 8.17. The molecule has 88 valence electrons. The molecule has 0 aliphatic heterocycles. The van der Waals surface area contributed by atoms with Crippen molar-refractivity contribution in [3.05, 3.63) is 57.4 Å². The van der Waals surface area contributed by atoms with Crippen molar-refractivity contribution in [1.29, 1.82) is 0 Å². The SMILES string of the molecule is Fc1cc(CCl)cc(Oc2cccc(I)c2)c1. The zero-order chi connectivity index (χ0) is 12.3. The molecule has 0 fully saturated rings. The van der Waals surface area contributed by atoms with Crippen molar-refractivity contribution in [3.8, 4) is 11.5 Å². The first kappa shape index (κ1) is 12.6. The first-order valence-corrected chi connectivity index (χ1v) is 6.57. The van der Waals surface area contributed by atoms with Crippen LogP contribution in [0.3, 0.4) is 0 Å². The molecule has 0 bridgehead atoms. The van der Waals surface area contributed by atoms with Crippen molar-refractivity contribution in [2.45, 2.75) is 5.88 Å². The highest BCUT2D eigenvalue weighted by atomic mass is 127. The monoisotopic (exact) mass is 362 g/mol. The Morgan fingerprint density at radius 2 is 1.94 bits per heavy atom. The van der Waals surface area contributed by atoms with Crippen LogP contribution in [0, 0.1) is 9.39 Å². The normalized spacial score (nSPS) is 10.3. The van der Waals surface area contributed by atoms with Gasteiger partial charge in [0.2, 0.25) is 0 Å². The lowest BCUT2D eigenvalue weighted by molar-refractivity contribution is 0.475. The van der Waals surface area contributed by atoms with Gasteiger partial charge in [-0.3, -0.25) is 0 Å². The number of hydrogen-bond acceptors (Lipinski definition) is 1. The van der Waals surface area contributed by atoms with E-state index in [1.807, 2.05) is 24.3 Å². The second kappa shape index (κ2) is 5.69. The molecule has 2 rings (SSSR count). The molecule has 17 heavy (non-hydrogen) atoms. The average molecular weight is 363 g/mol. The summed E-state index contributed by atoms with van der Waals surface area (Å²) in [5.41, 5.74) is 0.701. The molecule has 0 atom stereocenters. The highest BCUT2D eigenvalue weighted by Gasteiger charge is 2.03. The van der Waals surface area contributed by atoms with Gasteiger partial charge in [-0.2, -0.15) is 0 Å². The maximum Gasteiger partial charge on any atom is 0.130 e. The van der Waals surface area contributed by atoms with Crippen LogP contribution in [0.1, 0.15) is 5.56 Å². The van der Waals surface area contributed by atoms with Crippen LogP contribution in [0.5, 0.6) is 11.5 Å². The Labute approximate surface area is 118 Å². The predicted molar refractivity (Wildman–Crippen MR) is 75.2 cm³/mol. The van der Waals surface area contributed by atoms with Gasteiger partial charge in [-0.1, -0.05) is 6.07 Å². The molecular formula is C13H9ClFIO. The Balaban J connectivity index is 2.26. The van der Waals surface area contributed by atoms with Gasteiger partial charge in [-0.15, -0.1) is 11.6 Å². The summed E-state index contributed by atoms with van der Waals surface area (Å²) in [6.45, 7) is 0. The van der Waals surface area contributed by atoms with Crippen LogP contribution in [-0.2, 0) is 5.88 Å². The van der Waals surface area contributed by atoms with Gasteiger partial charge in [-0.25, -0.2) is 4.39 Å². The zero-order valence-corrected chi connectivity index (χ0v) is 11.7. The Morgan fingerprint density at radius 3 is 2.65 bits per heavy atom. The lowest BCUT2D eigenvalue weighted by Gasteiger charge is -2.07. The number of ether oxygens (including phenoxy) is 1. The lowest BCUT2D eigenvalue weighted by atomic mass is 10.2. The molecule has 0 saturated carbocycles. The second-order valence-corrected chi connectivity index (χ2v) is 5.00. The summed E-state index contributed by atoms with van der Waals surface area (Å²) in [5.74, 6) is 1.06. The minimum Gasteiger partial charge on any atom is -0.457 e. The van der Waals surface area contributed by atoms with Crippen molar-refractivity contribution >= 4 is 34.2 Å². The van der Waals surface area contributed by atoms with Gasteiger partial charge in [0.1, 0.15) is 17.3 Å². The van der Waals surface area contributed by atoms with Crippen LogP contribution in [0.15, 0.2) is 42.5 Å². The molecular weight excluding hydrogens is 353 g/mol. The van der Waals surface area contributed by atoms with Gasteiger partial charge in [0.25, 0.3) is 0 Å². The van der Waals surface area contributed by atoms with Crippen LogP contribution >= 0.6 is 34.2 Å². The standard InChI is InChI=1S/C13H9ClFIO/c14-8-9-4-10(15)6-13(5-9)17-12-3-1-2-11(16)7-12/h1-7H,8H2. The highest BCUT2D eigenvalue weighted by molar-refractivity contribution is 14.1. The number of rotatable bonds is 3. The van der Waals surface area contributed by atoms with E-state index in [9.17, 15) is 4.39 Å². The van der Waals surface area contributed by atoms with Crippen LogP contribution < -0.4 is 4.74 Å². The van der Waals surface area contributed by atoms with Gasteiger partial charge >= 0.3 is 0 Å². The van der Waals surface area contributed by atoms with E-state index in [0.717, 1.165) is 3.57 Å². The quantitative estimate of drug-likeness (QED) is 0.554. The molecule has 1 nitrogen and oxygen atoms in total. The van der Waals surface area contributed by atoms with E-state index in [4.69, 9.17) is 16.3 Å². The summed E-state index contributed by atoms with van der Waals surface area (Å²) in [4.78, 5) is 0. The van der Waals surface area contributed by atoms with Crippen LogP contribution in [0.25, 0.3) is 0 Å². The second-order valence-electron chi connectivity index (χ2n) is 3.49. The zero-order valence-electron chi connectivity index (χ0n) is 8.79. The summed E-state index contributed by atoms with van der Waals surface area (Å²) < 4.78 is 19.9. The molecule has 0 spiro atoms. The van der Waals surface area contributed by atoms with Crippen molar-refractivity contribution in [2.24, 2.45) is 0 Å². The summed E-state index contributed by atoms with van der Waals surface area (Å²) in [5, 5.41) is 0. The number of hydrogen-bond donors (Lipinski definition) is 0. The summed E-state index contributed by atoms with van der Waals surface area (Å²) >= 11 is 7.87. The third-order valence-electron chi connectivity index (χ3n) is 2.12. The molecule has 0 radical (unpaired) electrons. The van der Waals surface area contributed by atoms with Gasteiger partial charge in [-0.05, 0) is 58.5 Å². The van der Waals surface area contributed by atoms with E-state index >= 15 is 0 Å². The van der Waals surface area contributed by atoms with Gasteiger partial charge in [0.15, 0.2) is 0 Å². The Hall–Kier alpha value is -0.810. The van der Waals surface area contributed by atoms with Crippen molar-refractivity contribution in [3.63, 3.8) is 0 Å². The summed E-state index contributed by atoms with van der Waals surface area (Å²) in [6.07, 6.45) is 0. The summed E-state index contributed by atoms with van der Waals surface area (Å²) in [7, 11) is 0. The van der Waals surface area contributed by atoms with Gasteiger partial charge in [0, 0.05) is 15.5 Å². The highest BCUT2D eigenvalue weighted by Crippen LogP contribution is 2.25. The smallest absolute Gasteiger partial charge is 0.130 e. The molecule has 0 amide bonds. The number of halogens is 3. The van der Waals surface area contributed by atoms with Crippen molar-refractivity contribution in [2.75, 3.05) is 0 Å². The van der Waals surface area contributed by atoms with E-state index < -0.39 is 0 Å².